The quantitative estimate of drug-likeness (QED) is 0.915. The molecule has 0 aromatic carbocycles. The van der Waals surface area contributed by atoms with Crippen LogP contribution in [-0.4, -0.2) is 59.2 Å². The minimum atomic E-state index is -0.199. The minimum absolute atomic E-state index is 0.199. The van der Waals surface area contributed by atoms with Gasteiger partial charge in [0.25, 0.3) is 0 Å². The Morgan fingerprint density at radius 3 is 3.04 bits per heavy atom. The number of hydrogen-bond donors (Lipinski definition) is 1. The van der Waals surface area contributed by atoms with E-state index in [1.54, 1.807) is 6.33 Å². The van der Waals surface area contributed by atoms with E-state index in [1.807, 2.05) is 17.2 Å². The van der Waals surface area contributed by atoms with Crippen LogP contribution in [0.25, 0.3) is 11.0 Å². The molecule has 1 N–H and O–H groups in total. The normalized spacial score (nSPS) is 26.4. The van der Waals surface area contributed by atoms with Crippen molar-refractivity contribution in [2.75, 3.05) is 32.1 Å². The fourth-order valence-corrected chi connectivity index (χ4v) is 4.38. The molecule has 1 aliphatic heterocycles. The molecular weight excluding hydrogens is 306 g/mol. The molecule has 128 valence electrons. The Labute approximate surface area is 141 Å². The van der Waals surface area contributed by atoms with Crippen molar-refractivity contribution in [3.8, 4) is 0 Å². The number of hydrogen-bond acceptors (Lipinski definition) is 5. The van der Waals surface area contributed by atoms with Crippen molar-refractivity contribution >= 4 is 22.9 Å². The highest BCUT2D eigenvalue weighted by molar-refractivity contribution is 5.87. The van der Waals surface area contributed by atoms with Gasteiger partial charge >= 0.3 is 6.09 Å². The zero-order chi connectivity index (χ0) is 16.7. The van der Waals surface area contributed by atoms with Crippen molar-refractivity contribution in [2.24, 2.45) is 11.8 Å². The Kier molecular flexibility index (Phi) is 3.78. The van der Waals surface area contributed by atoms with Crippen molar-refractivity contribution in [1.29, 1.82) is 0 Å². The van der Waals surface area contributed by atoms with Crippen molar-refractivity contribution in [3.05, 3.63) is 18.6 Å². The van der Waals surface area contributed by atoms with E-state index in [9.17, 15) is 4.79 Å². The number of carbonyl (C=O) groups excluding carboxylic acids is 1. The standard InChI is InChI=1S/C17H23N5O2/c1-21(16-14-3-5-18-15(14)19-10-20-16)13-7-11-4-6-22(17(23)24-2)9-12(11)8-13/h3,5,10-13H,4,6-9H2,1-2H3,(H,18,19,20)/t11?,12-,13?/m0/s1. The molecule has 0 spiro atoms. The van der Waals surface area contributed by atoms with E-state index in [0.717, 1.165) is 49.2 Å². The van der Waals surface area contributed by atoms with Crippen LogP contribution in [0.3, 0.4) is 0 Å². The van der Waals surface area contributed by atoms with Gasteiger partial charge in [-0.25, -0.2) is 14.8 Å². The number of rotatable bonds is 2. The third kappa shape index (κ3) is 2.48. The van der Waals surface area contributed by atoms with Crippen LogP contribution in [0.1, 0.15) is 19.3 Å². The molecule has 0 bridgehead atoms. The maximum absolute atomic E-state index is 11.8. The first-order valence-corrected chi connectivity index (χ1v) is 8.51. The molecule has 3 heterocycles. The zero-order valence-electron chi connectivity index (χ0n) is 14.1. The number of fused-ring (bicyclic) bond motifs is 2. The molecule has 24 heavy (non-hydrogen) atoms. The molecule has 1 saturated carbocycles. The van der Waals surface area contributed by atoms with Gasteiger partial charge in [-0.1, -0.05) is 0 Å². The number of nitrogens with one attached hydrogen (secondary N) is 1. The topological polar surface area (TPSA) is 74.3 Å². The predicted molar refractivity (Wildman–Crippen MR) is 90.9 cm³/mol. The number of amides is 1. The summed E-state index contributed by atoms with van der Waals surface area (Å²) in [4.78, 5) is 27.8. The number of ether oxygens (including phenoxy) is 1. The lowest BCUT2D eigenvalue weighted by atomic mass is 9.89. The molecule has 4 rings (SSSR count). The number of aromatic amines is 1. The third-order valence-electron chi connectivity index (χ3n) is 5.69. The van der Waals surface area contributed by atoms with E-state index in [4.69, 9.17) is 4.74 Å². The van der Waals surface area contributed by atoms with E-state index >= 15 is 0 Å². The Morgan fingerprint density at radius 1 is 1.38 bits per heavy atom. The van der Waals surface area contributed by atoms with Crippen molar-refractivity contribution < 1.29 is 9.53 Å². The number of methoxy groups -OCH3 is 1. The van der Waals surface area contributed by atoms with E-state index in [0.29, 0.717) is 17.9 Å². The fraction of sp³-hybridized carbons (Fsp3) is 0.588. The van der Waals surface area contributed by atoms with Crippen LogP contribution in [0.4, 0.5) is 10.6 Å². The van der Waals surface area contributed by atoms with Gasteiger partial charge < -0.3 is 19.5 Å². The molecule has 1 aliphatic carbocycles. The van der Waals surface area contributed by atoms with E-state index in [2.05, 4.69) is 26.9 Å². The number of anilines is 1. The molecule has 3 atom stereocenters. The van der Waals surface area contributed by atoms with Gasteiger partial charge in [-0.15, -0.1) is 0 Å². The van der Waals surface area contributed by atoms with Gasteiger partial charge in [0.05, 0.1) is 12.5 Å². The van der Waals surface area contributed by atoms with Crippen molar-refractivity contribution in [2.45, 2.75) is 25.3 Å². The number of carbonyl (C=O) groups is 1. The van der Waals surface area contributed by atoms with Crippen LogP contribution < -0.4 is 4.90 Å². The number of likely N-dealkylation sites (tertiary alicyclic amines) is 1. The van der Waals surface area contributed by atoms with Crippen molar-refractivity contribution in [1.82, 2.24) is 19.9 Å². The molecule has 2 aromatic heterocycles. The molecule has 2 unspecified atom stereocenters. The van der Waals surface area contributed by atoms with Crippen LogP contribution in [-0.2, 0) is 4.74 Å². The Morgan fingerprint density at radius 2 is 2.21 bits per heavy atom. The molecule has 1 saturated heterocycles. The highest BCUT2D eigenvalue weighted by Crippen LogP contribution is 2.41. The molecule has 0 radical (unpaired) electrons. The maximum Gasteiger partial charge on any atom is 0.409 e. The summed E-state index contributed by atoms with van der Waals surface area (Å²) < 4.78 is 4.88. The van der Waals surface area contributed by atoms with Crippen LogP contribution in [0.15, 0.2) is 18.6 Å². The summed E-state index contributed by atoms with van der Waals surface area (Å²) in [5, 5.41) is 1.06. The summed E-state index contributed by atoms with van der Waals surface area (Å²) in [5.41, 5.74) is 0.874. The largest absolute Gasteiger partial charge is 0.453 e. The van der Waals surface area contributed by atoms with E-state index in [-0.39, 0.29) is 6.09 Å². The number of H-pyrrole nitrogens is 1. The second kappa shape index (κ2) is 5.96. The second-order valence-corrected chi connectivity index (χ2v) is 6.90. The maximum atomic E-state index is 11.8. The monoisotopic (exact) mass is 329 g/mol. The highest BCUT2D eigenvalue weighted by Gasteiger charge is 2.41. The SMILES string of the molecule is COC(=O)N1CCC2CC(N(C)c3ncnc4[nH]ccc34)C[C@H]2C1. The molecular formula is C17H23N5O2. The van der Waals surface area contributed by atoms with E-state index in [1.165, 1.54) is 7.11 Å². The lowest BCUT2D eigenvalue weighted by Crippen LogP contribution is -2.42. The average Bonchev–Trinajstić information content (AvgIpc) is 3.25. The summed E-state index contributed by atoms with van der Waals surface area (Å²) in [6.45, 7) is 1.62. The van der Waals surface area contributed by atoms with Gasteiger partial charge in [0, 0.05) is 32.4 Å². The van der Waals surface area contributed by atoms with Crippen LogP contribution in [0, 0.1) is 11.8 Å². The third-order valence-corrected chi connectivity index (χ3v) is 5.69. The number of aromatic nitrogens is 3. The smallest absolute Gasteiger partial charge is 0.409 e. The Hall–Kier alpha value is -2.31. The Bertz CT molecular complexity index is 745. The summed E-state index contributed by atoms with van der Waals surface area (Å²) in [6, 6.07) is 2.48. The van der Waals surface area contributed by atoms with Gasteiger partial charge in [-0.2, -0.15) is 0 Å². The lowest BCUT2D eigenvalue weighted by Gasteiger charge is -2.33. The van der Waals surface area contributed by atoms with Crippen LogP contribution in [0.2, 0.25) is 0 Å². The van der Waals surface area contributed by atoms with E-state index < -0.39 is 0 Å². The Balaban J connectivity index is 1.50. The summed E-state index contributed by atoms with van der Waals surface area (Å²) in [5.74, 6) is 2.21. The first kappa shape index (κ1) is 15.2. The molecule has 1 amide bonds. The van der Waals surface area contributed by atoms with Crippen LogP contribution in [0.5, 0.6) is 0 Å². The summed E-state index contributed by atoms with van der Waals surface area (Å²) in [6.07, 6.45) is 6.63. The van der Waals surface area contributed by atoms with Gasteiger partial charge in [0.15, 0.2) is 0 Å². The number of nitrogens with zero attached hydrogens (tertiary/aromatic N) is 4. The second-order valence-electron chi connectivity index (χ2n) is 6.90. The van der Waals surface area contributed by atoms with Gasteiger partial charge in [-0.05, 0) is 37.2 Å². The summed E-state index contributed by atoms with van der Waals surface area (Å²) >= 11 is 0. The number of piperidine rings is 1. The average molecular weight is 329 g/mol. The highest BCUT2D eigenvalue weighted by atomic mass is 16.5. The van der Waals surface area contributed by atoms with Crippen molar-refractivity contribution in [3.63, 3.8) is 0 Å². The minimum Gasteiger partial charge on any atom is -0.453 e. The molecule has 2 fully saturated rings. The summed E-state index contributed by atoms with van der Waals surface area (Å²) in [7, 11) is 3.58. The first-order valence-electron chi connectivity index (χ1n) is 8.51. The lowest BCUT2D eigenvalue weighted by molar-refractivity contribution is 0.0904. The van der Waals surface area contributed by atoms with Crippen LogP contribution >= 0.6 is 0 Å². The van der Waals surface area contributed by atoms with Gasteiger partial charge in [-0.3, -0.25) is 0 Å². The first-order chi connectivity index (χ1) is 11.7. The molecule has 2 aromatic rings. The van der Waals surface area contributed by atoms with Gasteiger partial charge in [0.1, 0.15) is 17.8 Å². The zero-order valence-corrected chi connectivity index (χ0v) is 14.1. The molecule has 7 heteroatoms. The molecule has 7 nitrogen and oxygen atoms in total. The molecule has 2 aliphatic rings. The fourth-order valence-electron chi connectivity index (χ4n) is 4.38. The van der Waals surface area contributed by atoms with Gasteiger partial charge in [0.2, 0.25) is 0 Å². The predicted octanol–water partition coefficient (Wildman–Crippen LogP) is 2.26.